The minimum Gasteiger partial charge on any atom is -0.261 e. The molecule has 0 atom stereocenters. The summed E-state index contributed by atoms with van der Waals surface area (Å²) in [6, 6.07) is 0. The Morgan fingerprint density at radius 3 is 2.85 bits per heavy atom. The van der Waals surface area contributed by atoms with Crippen LogP contribution < -0.4 is 0 Å². The predicted octanol–water partition coefficient (Wildman–Crippen LogP) is 2.13. The molecule has 5 heteroatoms. The molecule has 0 fully saturated rings. The molecule has 68 valence electrons. The van der Waals surface area contributed by atoms with Crippen molar-refractivity contribution >= 4 is 22.6 Å². The molecule has 0 spiro atoms. The van der Waals surface area contributed by atoms with Gasteiger partial charge in [-0.05, 0) is 0 Å². The van der Waals surface area contributed by atoms with Crippen LogP contribution in [-0.2, 0) is 0 Å². The van der Waals surface area contributed by atoms with Crippen LogP contribution in [0.4, 0.5) is 0 Å². The number of nitrogens with zero attached hydrogens (tertiary/aromatic N) is 3. The van der Waals surface area contributed by atoms with Crippen molar-refractivity contribution in [2.45, 2.75) is 19.8 Å². The van der Waals surface area contributed by atoms with Crippen molar-refractivity contribution in [2.75, 3.05) is 0 Å². The summed E-state index contributed by atoms with van der Waals surface area (Å²) in [7, 11) is 0. The topological polar surface area (TPSA) is 54.5 Å². The Morgan fingerprint density at radius 2 is 2.15 bits per heavy atom. The fraction of sp³-hybridized carbons (Fsp3) is 0.375. The zero-order valence-corrected chi connectivity index (χ0v) is 8.13. The Labute approximate surface area is 80.3 Å². The van der Waals surface area contributed by atoms with Crippen LogP contribution >= 0.6 is 11.6 Å². The Balaban J connectivity index is 2.70. The first kappa shape index (κ1) is 8.44. The molecule has 0 aliphatic heterocycles. The predicted molar refractivity (Wildman–Crippen MR) is 50.8 cm³/mol. The van der Waals surface area contributed by atoms with Gasteiger partial charge in [0.25, 0.3) is 0 Å². The van der Waals surface area contributed by atoms with E-state index in [0.717, 1.165) is 11.2 Å². The first-order valence-corrected chi connectivity index (χ1v) is 4.43. The van der Waals surface area contributed by atoms with Gasteiger partial charge in [-0.15, -0.1) is 0 Å². The third-order valence-corrected chi connectivity index (χ3v) is 2.09. The van der Waals surface area contributed by atoms with Crippen LogP contribution in [0.1, 0.15) is 25.6 Å². The van der Waals surface area contributed by atoms with E-state index < -0.39 is 0 Å². The van der Waals surface area contributed by atoms with Crippen molar-refractivity contribution in [2.24, 2.45) is 0 Å². The van der Waals surface area contributed by atoms with Crippen molar-refractivity contribution in [1.82, 2.24) is 20.2 Å². The van der Waals surface area contributed by atoms with Crippen molar-refractivity contribution in [3.8, 4) is 0 Å². The Bertz CT molecular complexity index is 435. The van der Waals surface area contributed by atoms with Gasteiger partial charge in [0.2, 0.25) is 0 Å². The molecule has 0 saturated heterocycles. The van der Waals surface area contributed by atoms with Gasteiger partial charge in [0.05, 0.1) is 11.6 Å². The lowest BCUT2D eigenvalue weighted by Crippen LogP contribution is -1.97. The number of fused-ring (bicyclic) bond motifs is 1. The molecule has 2 rings (SSSR count). The van der Waals surface area contributed by atoms with Gasteiger partial charge in [-0.25, -0.2) is 9.97 Å². The summed E-state index contributed by atoms with van der Waals surface area (Å²) < 4.78 is 0. The lowest BCUT2D eigenvalue weighted by molar-refractivity contribution is 0.781. The van der Waals surface area contributed by atoms with Crippen molar-refractivity contribution < 1.29 is 0 Å². The number of hydrogen-bond donors (Lipinski definition) is 1. The molecule has 2 heterocycles. The highest BCUT2D eigenvalue weighted by atomic mass is 35.5. The van der Waals surface area contributed by atoms with E-state index in [4.69, 9.17) is 11.6 Å². The number of hydrogen-bond acceptors (Lipinski definition) is 3. The molecule has 0 unspecified atom stereocenters. The lowest BCUT2D eigenvalue weighted by Gasteiger charge is -2.02. The molecule has 1 N–H and O–H groups in total. The SMILES string of the molecule is CC(C)c1nc(Cl)c2cn[nH]c2n1. The number of nitrogens with one attached hydrogen (secondary N) is 1. The first-order chi connectivity index (χ1) is 6.18. The molecule has 0 aromatic carbocycles. The summed E-state index contributed by atoms with van der Waals surface area (Å²) in [5, 5.41) is 7.85. The zero-order chi connectivity index (χ0) is 9.42. The molecule has 0 aliphatic carbocycles. The minimum atomic E-state index is 0.269. The third-order valence-electron chi connectivity index (χ3n) is 1.80. The molecule has 2 aromatic rings. The average molecular weight is 197 g/mol. The van der Waals surface area contributed by atoms with Crippen molar-refractivity contribution in [3.05, 3.63) is 17.2 Å². The Kier molecular flexibility index (Phi) is 1.92. The number of aromatic amines is 1. The van der Waals surface area contributed by atoms with Crippen LogP contribution in [0.2, 0.25) is 5.15 Å². The first-order valence-electron chi connectivity index (χ1n) is 4.05. The van der Waals surface area contributed by atoms with Gasteiger partial charge in [0, 0.05) is 5.92 Å². The van der Waals surface area contributed by atoms with Crippen LogP contribution in [0.5, 0.6) is 0 Å². The molecular weight excluding hydrogens is 188 g/mol. The second-order valence-electron chi connectivity index (χ2n) is 3.16. The molecule has 2 aromatic heterocycles. The highest BCUT2D eigenvalue weighted by molar-refractivity contribution is 6.33. The van der Waals surface area contributed by atoms with Crippen LogP contribution in [0.15, 0.2) is 6.20 Å². The van der Waals surface area contributed by atoms with Crippen molar-refractivity contribution in [1.29, 1.82) is 0 Å². The maximum Gasteiger partial charge on any atom is 0.160 e. The van der Waals surface area contributed by atoms with Crippen LogP contribution in [0, 0.1) is 0 Å². The van der Waals surface area contributed by atoms with Gasteiger partial charge in [-0.3, -0.25) is 5.10 Å². The van der Waals surface area contributed by atoms with Gasteiger partial charge in [0.1, 0.15) is 11.0 Å². The molecule has 0 bridgehead atoms. The molecule has 0 amide bonds. The molecule has 13 heavy (non-hydrogen) atoms. The molecule has 0 radical (unpaired) electrons. The van der Waals surface area contributed by atoms with Crippen LogP contribution in [0.25, 0.3) is 11.0 Å². The Morgan fingerprint density at radius 1 is 1.38 bits per heavy atom. The smallest absolute Gasteiger partial charge is 0.160 e. The number of H-pyrrole nitrogens is 1. The normalized spacial score (nSPS) is 11.4. The fourth-order valence-electron chi connectivity index (χ4n) is 1.07. The Hall–Kier alpha value is -1.16. The number of rotatable bonds is 1. The molecule has 0 saturated carbocycles. The van der Waals surface area contributed by atoms with E-state index in [1.165, 1.54) is 0 Å². The summed E-state index contributed by atoms with van der Waals surface area (Å²) in [5.41, 5.74) is 0.698. The van der Waals surface area contributed by atoms with Gasteiger partial charge < -0.3 is 0 Å². The molecule has 4 nitrogen and oxygen atoms in total. The van der Waals surface area contributed by atoms with Gasteiger partial charge in [-0.2, -0.15) is 5.10 Å². The van der Waals surface area contributed by atoms with Crippen LogP contribution in [0.3, 0.4) is 0 Å². The highest BCUT2D eigenvalue weighted by Gasteiger charge is 2.09. The molecular formula is C8H9ClN4. The van der Waals surface area contributed by atoms with Gasteiger partial charge in [0.15, 0.2) is 5.65 Å². The second kappa shape index (κ2) is 2.96. The lowest BCUT2D eigenvalue weighted by atomic mass is 10.2. The monoisotopic (exact) mass is 196 g/mol. The van der Waals surface area contributed by atoms with E-state index >= 15 is 0 Å². The van der Waals surface area contributed by atoms with Gasteiger partial charge >= 0.3 is 0 Å². The van der Waals surface area contributed by atoms with Crippen LogP contribution in [-0.4, -0.2) is 20.2 Å². The standard InChI is InChI=1S/C8H9ClN4/c1-4(2)7-11-6(9)5-3-10-13-8(5)12-7/h3-4H,1-2H3,(H,10,11,12,13). The van der Waals surface area contributed by atoms with E-state index in [2.05, 4.69) is 20.2 Å². The zero-order valence-electron chi connectivity index (χ0n) is 7.37. The molecule has 0 aliphatic rings. The quantitative estimate of drug-likeness (QED) is 0.711. The van der Waals surface area contributed by atoms with E-state index in [1.54, 1.807) is 6.20 Å². The largest absolute Gasteiger partial charge is 0.261 e. The van der Waals surface area contributed by atoms with Crippen molar-refractivity contribution in [3.63, 3.8) is 0 Å². The number of aromatic nitrogens is 4. The van der Waals surface area contributed by atoms with E-state index in [0.29, 0.717) is 10.8 Å². The third kappa shape index (κ3) is 1.37. The minimum absolute atomic E-state index is 0.269. The van der Waals surface area contributed by atoms with E-state index in [9.17, 15) is 0 Å². The maximum absolute atomic E-state index is 5.94. The fourth-order valence-corrected chi connectivity index (χ4v) is 1.30. The van der Waals surface area contributed by atoms with E-state index in [-0.39, 0.29) is 5.92 Å². The second-order valence-corrected chi connectivity index (χ2v) is 3.52. The van der Waals surface area contributed by atoms with Gasteiger partial charge in [-0.1, -0.05) is 25.4 Å². The summed E-state index contributed by atoms with van der Waals surface area (Å²) in [6.07, 6.45) is 1.63. The van der Waals surface area contributed by atoms with E-state index in [1.807, 2.05) is 13.8 Å². The summed E-state index contributed by atoms with van der Waals surface area (Å²) >= 11 is 5.94. The average Bonchev–Trinajstić information content (AvgIpc) is 2.51. The summed E-state index contributed by atoms with van der Waals surface area (Å²) in [6.45, 7) is 4.04. The highest BCUT2D eigenvalue weighted by Crippen LogP contribution is 2.20. The summed E-state index contributed by atoms with van der Waals surface area (Å²) in [5.74, 6) is 1.01. The number of halogens is 1. The maximum atomic E-state index is 5.94. The summed E-state index contributed by atoms with van der Waals surface area (Å²) in [4.78, 5) is 8.45.